The van der Waals surface area contributed by atoms with Gasteiger partial charge in [0.1, 0.15) is 5.82 Å². The highest BCUT2D eigenvalue weighted by molar-refractivity contribution is 9.10. The summed E-state index contributed by atoms with van der Waals surface area (Å²) in [5, 5.41) is 2.07. The van der Waals surface area contributed by atoms with Crippen molar-refractivity contribution in [2.75, 3.05) is 11.9 Å². The van der Waals surface area contributed by atoms with Crippen LogP contribution in [0.4, 0.5) is 10.1 Å². The molecule has 2 nitrogen and oxygen atoms in total. The number of benzene rings is 1. The van der Waals surface area contributed by atoms with Gasteiger partial charge in [-0.05, 0) is 59.1 Å². The number of halogens is 2. The zero-order valence-corrected chi connectivity index (χ0v) is 14.0. The van der Waals surface area contributed by atoms with Gasteiger partial charge in [0.2, 0.25) is 0 Å². The molecule has 20 heavy (non-hydrogen) atoms. The molecule has 0 spiro atoms. The minimum atomic E-state index is -0.211. The van der Waals surface area contributed by atoms with E-state index in [-0.39, 0.29) is 11.9 Å². The number of nitrogens with zero attached hydrogens (tertiary/aromatic N) is 1. The van der Waals surface area contributed by atoms with Gasteiger partial charge >= 0.3 is 0 Å². The van der Waals surface area contributed by atoms with Crippen LogP contribution in [0.15, 0.2) is 34.1 Å². The Kier molecular flexibility index (Phi) is 5.18. The number of thiophene rings is 1. The van der Waals surface area contributed by atoms with E-state index in [4.69, 9.17) is 5.73 Å². The molecule has 0 saturated carbocycles. The van der Waals surface area contributed by atoms with E-state index in [1.54, 1.807) is 17.4 Å². The highest BCUT2D eigenvalue weighted by atomic mass is 79.9. The molecule has 2 rings (SSSR count). The molecule has 2 N–H and O–H groups in total. The van der Waals surface area contributed by atoms with Crippen molar-refractivity contribution in [1.82, 2.24) is 0 Å². The third-order valence-electron chi connectivity index (χ3n) is 3.01. The number of nitrogens with two attached hydrogens (primary N) is 1. The summed E-state index contributed by atoms with van der Waals surface area (Å²) >= 11 is 5.17. The first kappa shape index (κ1) is 15.5. The van der Waals surface area contributed by atoms with Gasteiger partial charge in [0.15, 0.2) is 0 Å². The minimum absolute atomic E-state index is 0.0137. The number of hydrogen-bond acceptors (Lipinski definition) is 3. The zero-order valence-electron chi connectivity index (χ0n) is 11.6. The Labute approximate surface area is 131 Å². The maximum atomic E-state index is 13.4. The number of rotatable bonds is 5. The van der Waals surface area contributed by atoms with Crippen molar-refractivity contribution in [1.29, 1.82) is 0 Å². The van der Waals surface area contributed by atoms with Crippen molar-refractivity contribution in [2.24, 2.45) is 5.73 Å². The van der Waals surface area contributed by atoms with Gasteiger partial charge in [-0.25, -0.2) is 4.39 Å². The molecule has 0 amide bonds. The maximum Gasteiger partial charge on any atom is 0.123 e. The van der Waals surface area contributed by atoms with Crippen LogP contribution in [0, 0.1) is 5.82 Å². The Balaban J connectivity index is 2.21. The molecule has 0 saturated heterocycles. The van der Waals surface area contributed by atoms with Crippen molar-refractivity contribution in [3.8, 4) is 0 Å². The lowest BCUT2D eigenvalue weighted by Gasteiger charge is -2.23. The van der Waals surface area contributed by atoms with E-state index in [1.807, 2.05) is 20.0 Å². The SMILES string of the molecule is CC(N)Cc1cc(F)ccc1N(C)Cc1cc(Br)cs1. The van der Waals surface area contributed by atoms with Crippen LogP contribution in [0.2, 0.25) is 0 Å². The molecular formula is C15H18BrFN2S. The molecule has 1 heterocycles. The smallest absolute Gasteiger partial charge is 0.123 e. The van der Waals surface area contributed by atoms with E-state index < -0.39 is 0 Å². The van der Waals surface area contributed by atoms with Crippen molar-refractivity contribution in [3.05, 3.63) is 50.4 Å². The van der Waals surface area contributed by atoms with Crippen molar-refractivity contribution in [3.63, 3.8) is 0 Å². The molecule has 1 unspecified atom stereocenters. The average molecular weight is 357 g/mol. The minimum Gasteiger partial charge on any atom is -0.369 e. The lowest BCUT2D eigenvalue weighted by Crippen LogP contribution is -2.22. The van der Waals surface area contributed by atoms with E-state index in [0.29, 0.717) is 6.42 Å². The van der Waals surface area contributed by atoms with Gasteiger partial charge in [-0.2, -0.15) is 0 Å². The first-order valence-corrected chi connectivity index (χ1v) is 8.11. The molecule has 1 aromatic carbocycles. The predicted octanol–water partition coefficient (Wildman–Crippen LogP) is 4.18. The van der Waals surface area contributed by atoms with E-state index in [0.717, 1.165) is 22.3 Å². The largest absolute Gasteiger partial charge is 0.369 e. The van der Waals surface area contributed by atoms with E-state index in [9.17, 15) is 4.39 Å². The topological polar surface area (TPSA) is 29.3 Å². The molecule has 0 aliphatic heterocycles. The summed E-state index contributed by atoms with van der Waals surface area (Å²) in [7, 11) is 2.02. The highest BCUT2D eigenvalue weighted by Gasteiger charge is 2.11. The molecule has 108 valence electrons. The second-order valence-electron chi connectivity index (χ2n) is 5.04. The summed E-state index contributed by atoms with van der Waals surface area (Å²) in [6, 6.07) is 7.03. The zero-order chi connectivity index (χ0) is 14.7. The summed E-state index contributed by atoms with van der Waals surface area (Å²) in [5.41, 5.74) is 7.85. The van der Waals surface area contributed by atoms with Gasteiger partial charge in [-0.1, -0.05) is 0 Å². The highest BCUT2D eigenvalue weighted by Crippen LogP contribution is 2.26. The second-order valence-corrected chi connectivity index (χ2v) is 6.95. The molecule has 0 radical (unpaired) electrons. The molecule has 5 heteroatoms. The van der Waals surface area contributed by atoms with Crippen LogP contribution in [0.25, 0.3) is 0 Å². The lowest BCUT2D eigenvalue weighted by molar-refractivity contribution is 0.622. The monoisotopic (exact) mass is 356 g/mol. The van der Waals surface area contributed by atoms with E-state index >= 15 is 0 Å². The van der Waals surface area contributed by atoms with Crippen LogP contribution in [-0.2, 0) is 13.0 Å². The molecule has 0 bridgehead atoms. The number of anilines is 1. The summed E-state index contributed by atoms with van der Waals surface area (Å²) in [5.74, 6) is -0.211. The third-order valence-corrected chi connectivity index (χ3v) is 4.69. The van der Waals surface area contributed by atoms with Gasteiger partial charge in [0.05, 0.1) is 6.54 Å². The van der Waals surface area contributed by atoms with Crippen molar-refractivity contribution >= 4 is 33.0 Å². The summed E-state index contributed by atoms with van der Waals surface area (Å²) in [6.07, 6.45) is 0.672. The fourth-order valence-corrected chi connectivity index (χ4v) is 3.70. The molecular weight excluding hydrogens is 339 g/mol. The molecule has 1 aromatic heterocycles. The van der Waals surface area contributed by atoms with Gasteiger partial charge in [-0.15, -0.1) is 11.3 Å². The maximum absolute atomic E-state index is 13.4. The first-order valence-electron chi connectivity index (χ1n) is 6.43. The van der Waals surface area contributed by atoms with Crippen LogP contribution in [0.3, 0.4) is 0 Å². The predicted molar refractivity (Wildman–Crippen MR) is 87.9 cm³/mol. The second kappa shape index (κ2) is 6.70. The molecule has 1 atom stereocenters. The number of hydrogen-bond donors (Lipinski definition) is 1. The molecule has 0 aliphatic carbocycles. The first-order chi connectivity index (χ1) is 9.45. The summed E-state index contributed by atoms with van der Waals surface area (Å²) in [6.45, 7) is 2.74. The van der Waals surface area contributed by atoms with E-state index in [1.165, 1.54) is 10.9 Å². The van der Waals surface area contributed by atoms with Crippen LogP contribution >= 0.6 is 27.3 Å². The quantitative estimate of drug-likeness (QED) is 0.870. The third kappa shape index (κ3) is 4.04. The van der Waals surface area contributed by atoms with Gasteiger partial charge in [0.25, 0.3) is 0 Å². The standard InChI is InChI=1S/C15H18BrFN2S/c1-10(18)5-11-6-13(17)3-4-15(11)19(2)8-14-7-12(16)9-20-14/h3-4,6-7,9-10H,5,8,18H2,1-2H3. The normalized spacial score (nSPS) is 12.4. The van der Waals surface area contributed by atoms with Crippen LogP contribution in [0.5, 0.6) is 0 Å². The molecule has 0 aliphatic rings. The van der Waals surface area contributed by atoms with Gasteiger partial charge in [0, 0.05) is 33.5 Å². The Morgan fingerprint density at radius 2 is 2.15 bits per heavy atom. The Bertz CT molecular complexity index is 583. The lowest BCUT2D eigenvalue weighted by atomic mass is 10.0. The van der Waals surface area contributed by atoms with Gasteiger partial charge in [-0.3, -0.25) is 0 Å². The Hall–Kier alpha value is -0.910. The summed E-state index contributed by atoms with van der Waals surface area (Å²) < 4.78 is 14.5. The van der Waals surface area contributed by atoms with Crippen LogP contribution in [0.1, 0.15) is 17.4 Å². The average Bonchev–Trinajstić information content (AvgIpc) is 2.73. The van der Waals surface area contributed by atoms with Gasteiger partial charge < -0.3 is 10.6 Å². The Morgan fingerprint density at radius 3 is 2.75 bits per heavy atom. The Morgan fingerprint density at radius 1 is 1.40 bits per heavy atom. The molecule has 2 aromatic rings. The fourth-order valence-electron chi connectivity index (χ4n) is 2.19. The van der Waals surface area contributed by atoms with Crippen LogP contribution < -0.4 is 10.6 Å². The van der Waals surface area contributed by atoms with Crippen LogP contribution in [-0.4, -0.2) is 13.1 Å². The van der Waals surface area contributed by atoms with E-state index in [2.05, 4.69) is 32.3 Å². The van der Waals surface area contributed by atoms with Crippen molar-refractivity contribution in [2.45, 2.75) is 25.9 Å². The fraction of sp³-hybridized carbons (Fsp3) is 0.333. The summed E-state index contributed by atoms with van der Waals surface area (Å²) in [4.78, 5) is 3.39. The van der Waals surface area contributed by atoms with Crippen molar-refractivity contribution < 1.29 is 4.39 Å². The molecule has 0 fully saturated rings.